The van der Waals surface area contributed by atoms with Crippen LogP contribution in [0.15, 0.2) is 18.2 Å². The maximum Gasteiger partial charge on any atom is 0.317 e. The number of nitrogens with zero attached hydrogens (tertiary/aromatic N) is 3. The molecule has 2 heterocycles. The van der Waals surface area contributed by atoms with Gasteiger partial charge in [-0.05, 0) is 69.5 Å². The number of amides is 2. The Morgan fingerprint density at radius 2 is 1.66 bits per heavy atom. The first-order valence-electron chi connectivity index (χ1n) is 12.1. The SMILES string of the molecule is O=C(N[C@H]1CC[C@H](CCN2CCN(c3cccc(Cl)c3Cl)CC2)CC1)N1CCC(F)CC1. The highest BCUT2D eigenvalue weighted by Crippen LogP contribution is 2.33. The number of carbonyl (C=O) groups excluding carboxylic acids is 1. The smallest absolute Gasteiger partial charge is 0.317 e. The first-order chi connectivity index (χ1) is 15.5. The van der Waals surface area contributed by atoms with E-state index in [0.717, 1.165) is 57.2 Å². The average Bonchev–Trinajstić information content (AvgIpc) is 2.81. The van der Waals surface area contributed by atoms with Gasteiger partial charge in [-0.2, -0.15) is 0 Å². The third-order valence-electron chi connectivity index (χ3n) is 7.38. The molecule has 1 aromatic rings. The molecule has 8 heteroatoms. The van der Waals surface area contributed by atoms with Gasteiger partial charge >= 0.3 is 6.03 Å². The van der Waals surface area contributed by atoms with Gasteiger partial charge in [-0.15, -0.1) is 0 Å². The van der Waals surface area contributed by atoms with Crippen LogP contribution in [0.2, 0.25) is 10.0 Å². The van der Waals surface area contributed by atoms with Crippen molar-refractivity contribution in [2.75, 3.05) is 50.7 Å². The molecule has 2 amide bonds. The summed E-state index contributed by atoms with van der Waals surface area (Å²) >= 11 is 12.6. The van der Waals surface area contributed by atoms with E-state index in [-0.39, 0.29) is 12.1 Å². The van der Waals surface area contributed by atoms with Crippen molar-refractivity contribution in [1.29, 1.82) is 0 Å². The number of benzene rings is 1. The van der Waals surface area contributed by atoms with Gasteiger partial charge in [-0.1, -0.05) is 29.3 Å². The number of urea groups is 1. The molecule has 2 saturated heterocycles. The van der Waals surface area contributed by atoms with Crippen LogP contribution in [-0.4, -0.2) is 73.9 Å². The van der Waals surface area contributed by atoms with Crippen LogP contribution in [0.4, 0.5) is 14.9 Å². The maximum atomic E-state index is 13.3. The van der Waals surface area contributed by atoms with Gasteiger partial charge in [0.25, 0.3) is 0 Å². The van der Waals surface area contributed by atoms with Crippen LogP contribution in [0.25, 0.3) is 0 Å². The zero-order chi connectivity index (χ0) is 22.5. The van der Waals surface area contributed by atoms with Crippen molar-refractivity contribution in [2.45, 2.75) is 57.2 Å². The maximum absolute atomic E-state index is 13.3. The number of likely N-dealkylation sites (tertiary alicyclic amines) is 1. The summed E-state index contributed by atoms with van der Waals surface area (Å²) in [6, 6.07) is 6.11. The fourth-order valence-electron chi connectivity index (χ4n) is 5.23. The van der Waals surface area contributed by atoms with E-state index in [0.29, 0.717) is 36.0 Å². The van der Waals surface area contributed by atoms with Crippen molar-refractivity contribution in [3.05, 3.63) is 28.2 Å². The molecule has 3 fully saturated rings. The van der Waals surface area contributed by atoms with E-state index < -0.39 is 6.17 Å². The minimum atomic E-state index is -0.743. The molecule has 0 aromatic heterocycles. The minimum absolute atomic E-state index is 0.00183. The fraction of sp³-hybridized carbons (Fsp3) is 0.708. The summed E-state index contributed by atoms with van der Waals surface area (Å²) in [5.74, 6) is 0.742. The molecule has 32 heavy (non-hydrogen) atoms. The summed E-state index contributed by atoms with van der Waals surface area (Å²) in [6.45, 7) is 6.25. The number of anilines is 1. The molecule has 1 aliphatic carbocycles. The third-order valence-corrected chi connectivity index (χ3v) is 8.19. The van der Waals surface area contributed by atoms with Gasteiger partial charge in [-0.25, -0.2) is 9.18 Å². The number of rotatable bonds is 5. The lowest BCUT2D eigenvalue weighted by molar-refractivity contribution is 0.145. The normalized spacial score (nSPS) is 25.7. The highest BCUT2D eigenvalue weighted by atomic mass is 35.5. The van der Waals surface area contributed by atoms with Crippen molar-refractivity contribution in [3.63, 3.8) is 0 Å². The molecule has 0 spiro atoms. The molecule has 5 nitrogen and oxygen atoms in total. The molecule has 1 saturated carbocycles. The molecule has 1 aromatic carbocycles. The molecular formula is C24H35Cl2FN4O. The molecule has 178 valence electrons. The lowest BCUT2D eigenvalue weighted by Crippen LogP contribution is -2.49. The van der Waals surface area contributed by atoms with E-state index in [4.69, 9.17) is 23.2 Å². The Labute approximate surface area is 201 Å². The molecule has 2 aliphatic heterocycles. The van der Waals surface area contributed by atoms with Gasteiger partial charge in [0.05, 0.1) is 15.7 Å². The molecule has 1 N–H and O–H groups in total. The molecule has 0 atom stereocenters. The predicted octanol–water partition coefficient (Wildman–Crippen LogP) is 5.21. The van der Waals surface area contributed by atoms with E-state index in [1.807, 2.05) is 18.2 Å². The number of halogens is 3. The minimum Gasteiger partial charge on any atom is -0.368 e. The largest absolute Gasteiger partial charge is 0.368 e. The van der Waals surface area contributed by atoms with E-state index in [1.54, 1.807) is 4.90 Å². The summed E-state index contributed by atoms with van der Waals surface area (Å²) in [5, 5.41) is 4.45. The van der Waals surface area contributed by atoms with Crippen LogP contribution in [0.1, 0.15) is 44.9 Å². The number of nitrogens with one attached hydrogen (secondary N) is 1. The Morgan fingerprint density at radius 1 is 0.969 bits per heavy atom. The van der Waals surface area contributed by atoms with Crippen LogP contribution >= 0.6 is 23.2 Å². The number of piperidine rings is 1. The van der Waals surface area contributed by atoms with Crippen LogP contribution in [-0.2, 0) is 0 Å². The van der Waals surface area contributed by atoms with Gasteiger partial charge in [0.2, 0.25) is 0 Å². The van der Waals surface area contributed by atoms with Crippen LogP contribution in [0.5, 0.6) is 0 Å². The molecule has 4 rings (SSSR count). The van der Waals surface area contributed by atoms with Crippen molar-refractivity contribution in [3.8, 4) is 0 Å². The highest BCUT2D eigenvalue weighted by molar-refractivity contribution is 6.43. The van der Waals surface area contributed by atoms with Crippen molar-refractivity contribution >= 4 is 34.9 Å². The van der Waals surface area contributed by atoms with Gasteiger partial charge in [-0.3, -0.25) is 4.90 Å². The molecule has 3 aliphatic rings. The lowest BCUT2D eigenvalue weighted by atomic mass is 9.84. The Hall–Kier alpha value is -1.24. The number of alkyl halides is 1. The van der Waals surface area contributed by atoms with E-state index in [1.165, 1.54) is 19.3 Å². The van der Waals surface area contributed by atoms with Gasteiger partial charge < -0.3 is 15.1 Å². The van der Waals surface area contributed by atoms with Gasteiger partial charge in [0, 0.05) is 45.3 Å². The molecular weight excluding hydrogens is 450 g/mol. The average molecular weight is 485 g/mol. The zero-order valence-corrected chi connectivity index (χ0v) is 20.3. The van der Waals surface area contributed by atoms with Gasteiger partial charge in [0.15, 0.2) is 0 Å². The van der Waals surface area contributed by atoms with E-state index in [9.17, 15) is 9.18 Å². The molecule has 0 radical (unpaired) electrons. The monoisotopic (exact) mass is 484 g/mol. The number of piperazine rings is 1. The van der Waals surface area contributed by atoms with Gasteiger partial charge in [0.1, 0.15) is 6.17 Å². The van der Waals surface area contributed by atoms with Crippen LogP contribution in [0, 0.1) is 5.92 Å². The summed E-state index contributed by atoms with van der Waals surface area (Å²) in [5.41, 5.74) is 1.04. The second-order valence-corrected chi connectivity index (χ2v) is 10.3. The Kier molecular flexibility index (Phi) is 8.41. The number of hydrogen-bond acceptors (Lipinski definition) is 3. The number of carbonyl (C=O) groups is 1. The summed E-state index contributed by atoms with van der Waals surface area (Å²) < 4.78 is 13.3. The Balaban J connectivity index is 1.12. The second-order valence-electron chi connectivity index (χ2n) is 9.52. The predicted molar refractivity (Wildman–Crippen MR) is 130 cm³/mol. The molecule has 0 bridgehead atoms. The number of hydrogen-bond donors (Lipinski definition) is 1. The van der Waals surface area contributed by atoms with Crippen molar-refractivity contribution in [1.82, 2.24) is 15.1 Å². The zero-order valence-electron chi connectivity index (χ0n) is 18.7. The first kappa shape index (κ1) is 23.9. The van der Waals surface area contributed by atoms with E-state index >= 15 is 0 Å². The fourth-order valence-corrected chi connectivity index (χ4v) is 5.64. The van der Waals surface area contributed by atoms with E-state index in [2.05, 4.69) is 15.1 Å². The highest BCUT2D eigenvalue weighted by Gasteiger charge is 2.27. The second kappa shape index (κ2) is 11.3. The van der Waals surface area contributed by atoms with Crippen LogP contribution in [0.3, 0.4) is 0 Å². The van der Waals surface area contributed by atoms with Crippen molar-refractivity contribution < 1.29 is 9.18 Å². The van der Waals surface area contributed by atoms with Crippen LogP contribution < -0.4 is 10.2 Å². The summed E-state index contributed by atoms with van der Waals surface area (Å²) in [7, 11) is 0. The summed E-state index contributed by atoms with van der Waals surface area (Å²) in [4.78, 5) is 19.1. The quantitative estimate of drug-likeness (QED) is 0.623. The summed E-state index contributed by atoms with van der Waals surface area (Å²) in [6.07, 6.45) is 5.88. The topological polar surface area (TPSA) is 38.8 Å². The Morgan fingerprint density at radius 3 is 2.34 bits per heavy atom. The lowest BCUT2D eigenvalue weighted by Gasteiger charge is -2.38. The first-order valence-corrected chi connectivity index (χ1v) is 12.9. The third kappa shape index (κ3) is 6.21. The Bertz CT molecular complexity index is 758. The standard InChI is InChI=1S/C24H35Cl2FN4O/c25-21-2-1-3-22(23(21)26)30-16-14-29(15-17-30)11-8-18-4-6-20(7-5-18)28-24(32)31-12-9-19(27)10-13-31/h1-3,18-20H,4-17H2,(H,28,32)/t18-,20-. The molecule has 0 unspecified atom stereocenters. The van der Waals surface area contributed by atoms with Crippen molar-refractivity contribution in [2.24, 2.45) is 5.92 Å².